The molecule has 1 aromatic carbocycles. The number of aromatic nitrogens is 2. The van der Waals surface area contributed by atoms with Gasteiger partial charge in [-0.3, -0.25) is 4.79 Å². The zero-order valence-electron chi connectivity index (χ0n) is 9.92. The second-order valence-corrected chi connectivity index (χ2v) is 4.52. The number of carbonyl (C=O) groups is 1. The molecule has 0 saturated carbocycles. The van der Waals surface area contributed by atoms with Crippen molar-refractivity contribution in [2.75, 3.05) is 13.6 Å². The molecule has 0 bridgehead atoms. The van der Waals surface area contributed by atoms with E-state index in [2.05, 4.69) is 35.8 Å². The largest absolute Gasteiger partial charge is 0.337 e. The number of benzene rings is 1. The van der Waals surface area contributed by atoms with Crippen LogP contribution in [0.3, 0.4) is 0 Å². The fraction of sp³-hybridized carbons (Fsp3) is 0.333. The predicted molar refractivity (Wildman–Crippen MR) is 71.4 cm³/mol. The van der Waals surface area contributed by atoms with E-state index in [0.29, 0.717) is 6.54 Å². The lowest BCUT2D eigenvalue weighted by Gasteiger charge is -2.13. The quantitative estimate of drug-likeness (QED) is 0.846. The lowest BCUT2D eigenvalue weighted by Crippen LogP contribution is -2.23. The van der Waals surface area contributed by atoms with Crippen LogP contribution in [0, 0.1) is 0 Å². The molecule has 0 aliphatic carbocycles. The Kier molecular flexibility index (Phi) is 3.38. The third-order valence-electron chi connectivity index (χ3n) is 2.85. The monoisotopic (exact) mass is 249 g/mol. The molecule has 0 spiro atoms. The van der Waals surface area contributed by atoms with E-state index in [1.165, 1.54) is 5.56 Å². The minimum atomic E-state index is -0.205. The smallest absolute Gasteiger partial charge is 0.278 e. The van der Waals surface area contributed by atoms with Crippen molar-refractivity contribution < 1.29 is 4.79 Å². The van der Waals surface area contributed by atoms with Gasteiger partial charge in [0.25, 0.3) is 5.24 Å². The number of rotatable bonds is 3. The van der Waals surface area contributed by atoms with Crippen molar-refractivity contribution in [3.63, 3.8) is 0 Å². The fourth-order valence-corrected chi connectivity index (χ4v) is 1.83. The number of hydrogen-bond donors (Lipinski definition) is 1. The Morgan fingerprint density at radius 1 is 1.53 bits per heavy atom. The average molecular weight is 249 g/mol. The summed E-state index contributed by atoms with van der Waals surface area (Å²) < 4.78 is 1.99. The third-order valence-corrected chi connectivity index (χ3v) is 3.19. The first-order chi connectivity index (χ1) is 8.08. The molecule has 2 aromatic rings. The Morgan fingerprint density at radius 3 is 3.00 bits per heavy atom. The molecule has 0 fully saturated rings. The van der Waals surface area contributed by atoms with Crippen molar-refractivity contribution in [3.05, 3.63) is 30.1 Å². The minimum absolute atomic E-state index is 0.205. The van der Waals surface area contributed by atoms with Gasteiger partial charge in [0, 0.05) is 20.6 Å². The molecule has 1 amide bonds. The first kappa shape index (κ1) is 12.0. The highest BCUT2D eigenvalue weighted by Gasteiger charge is 2.05. The van der Waals surface area contributed by atoms with Gasteiger partial charge in [0.05, 0.1) is 17.4 Å². The Bertz CT molecular complexity index is 550. The van der Waals surface area contributed by atoms with Crippen molar-refractivity contribution in [2.24, 2.45) is 7.05 Å². The highest BCUT2D eigenvalue weighted by molar-refractivity contribution is 7.96. The van der Waals surface area contributed by atoms with E-state index in [9.17, 15) is 4.79 Å². The minimum Gasteiger partial charge on any atom is -0.337 e. The first-order valence-corrected chi connectivity index (χ1v) is 5.86. The molecular weight excluding hydrogens is 234 g/mol. The summed E-state index contributed by atoms with van der Waals surface area (Å²) in [7, 11) is 3.72. The van der Waals surface area contributed by atoms with Crippen molar-refractivity contribution in [2.45, 2.75) is 6.42 Å². The maximum Gasteiger partial charge on any atom is 0.278 e. The normalized spacial score (nSPS) is 10.8. The summed E-state index contributed by atoms with van der Waals surface area (Å²) in [6.45, 7) is 0.667. The van der Waals surface area contributed by atoms with Crippen LogP contribution in [0.25, 0.3) is 11.0 Å². The standard InChI is InChI=1S/C12H15N3OS/c1-14(12(16)17)6-5-9-3-4-11-10(7-9)13-8-15(11)2/h3-4,7-8H,5-6H2,1-2H3,(H,16,17). The van der Waals surface area contributed by atoms with Gasteiger partial charge in [0.1, 0.15) is 0 Å². The molecule has 4 nitrogen and oxygen atoms in total. The van der Waals surface area contributed by atoms with Gasteiger partial charge in [-0.25, -0.2) is 4.98 Å². The number of fused-ring (bicyclic) bond motifs is 1. The van der Waals surface area contributed by atoms with Gasteiger partial charge in [0.2, 0.25) is 0 Å². The molecule has 0 N–H and O–H groups in total. The molecule has 17 heavy (non-hydrogen) atoms. The van der Waals surface area contributed by atoms with Gasteiger partial charge in [0.15, 0.2) is 0 Å². The van der Waals surface area contributed by atoms with E-state index in [0.717, 1.165) is 17.5 Å². The van der Waals surface area contributed by atoms with Crippen LogP contribution in [0.5, 0.6) is 0 Å². The van der Waals surface area contributed by atoms with Gasteiger partial charge >= 0.3 is 0 Å². The van der Waals surface area contributed by atoms with E-state index in [4.69, 9.17) is 0 Å². The van der Waals surface area contributed by atoms with Crippen molar-refractivity contribution in [1.29, 1.82) is 0 Å². The summed E-state index contributed by atoms with van der Waals surface area (Å²) in [5.41, 5.74) is 3.29. The summed E-state index contributed by atoms with van der Waals surface area (Å²) in [4.78, 5) is 16.9. The molecule has 0 atom stereocenters. The summed E-state index contributed by atoms with van der Waals surface area (Å²) in [6, 6.07) is 6.19. The number of nitrogens with zero attached hydrogens (tertiary/aromatic N) is 3. The molecule has 0 saturated heterocycles. The summed E-state index contributed by atoms with van der Waals surface area (Å²) in [5.74, 6) is 0. The second kappa shape index (κ2) is 4.79. The number of aryl methyl sites for hydroxylation is 1. The molecule has 1 heterocycles. The molecule has 0 radical (unpaired) electrons. The van der Waals surface area contributed by atoms with E-state index >= 15 is 0 Å². The van der Waals surface area contributed by atoms with Crippen LogP contribution in [-0.2, 0) is 13.5 Å². The number of likely N-dealkylation sites (N-methyl/N-ethyl adjacent to an activating group) is 1. The first-order valence-electron chi connectivity index (χ1n) is 5.42. The second-order valence-electron chi connectivity index (χ2n) is 4.13. The highest BCUT2D eigenvalue weighted by atomic mass is 32.1. The van der Waals surface area contributed by atoms with Crippen LogP contribution in [-0.4, -0.2) is 33.3 Å². The van der Waals surface area contributed by atoms with E-state index in [1.54, 1.807) is 18.3 Å². The van der Waals surface area contributed by atoms with Crippen molar-refractivity contribution >= 4 is 28.9 Å². The Morgan fingerprint density at radius 2 is 2.29 bits per heavy atom. The Labute approximate surface area is 106 Å². The Hall–Kier alpha value is -1.49. The number of carbonyl (C=O) groups excluding carboxylic acids is 1. The van der Waals surface area contributed by atoms with Crippen LogP contribution >= 0.6 is 12.6 Å². The van der Waals surface area contributed by atoms with E-state index < -0.39 is 0 Å². The molecule has 2 rings (SSSR count). The number of hydrogen-bond acceptors (Lipinski definition) is 2. The van der Waals surface area contributed by atoms with Crippen LogP contribution in [0.1, 0.15) is 5.56 Å². The van der Waals surface area contributed by atoms with E-state index in [-0.39, 0.29) is 5.24 Å². The van der Waals surface area contributed by atoms with Crippen LogP contribution in [0.4, 0.5) is 4.79 Å². The van der Waals surface area contributed by atoms with Crippen LogP contribution in [0.2, 0.25) is 0 Å². The molecular formula is C12H15N3OS. The van der Waals surface area contributed by atoms with Crippen LogP contribution < -0.4 is 0 Å². The predicted octanol–water partition coefficient (Wildman–Crippen LogP) is 2.10. The topological polar surface area (TPSA) is 38.1 Å². The van der Waals surface area contributed by atoms with Crippen LogP contribution in [0.15, 0.2) is 24.5 Å². The molecule has 90 valence electrons. The van der Waals surface area contributed by atoms with Gasteiger partial charge < -0.3 is 9.47 Å². The zero-order chi connectivity index (χ0) is 12.4. The zero-order valence-corrected chi connectivity index (χ0v) is 10.8. The SMILES string of the molecule is CN(CCc1ccc2c(c1)ncn2C)C(=O)S. The number of amides is 1. The third kappa shape index (κ3) is 2.61. The lowest BCUT2D eigenvalue weighted by atomic mass is 10.1. The van der Waals surface area contributed by atoms with E-state index in [1.807, 2.05) is 11.6 Å². The summed E-state index contributed by atoms with van der Waals surface area (Å²) in [5, 5.41) is -0.205. The highest BCUT2D eigenvalue weighted by Crippen LogP contribution is 2.14. The Balaban J connectivity index is 2.12. The molecule has 0 unspecified atom stereocenters. The molecule has 1 aromatic heterocycles. The molecule has 5 heteroatoms. The van der Waals surface area contributed by atoms with Crippen molar-refractivity contribution in [1.82, 2.24) is 14.5 Å². The summed E-state index contributed by atoms with van der Waals surface area (Å²) in [6.07, 6.45) is 2.62. The number of thiol groups is 1. The van der Waals surface area contributed by atoms with Gasteiger partial charge in [-0.2, -0.15) is 0 Å². The lowest BCUT2D eigenvalue weighted by molar-refractivity contribution is 0.234. The fourth-order valence-electron chi connectivity index (χ4n) is 1.73. The maximum absolute atomic E-state index is 11.0. The molecule has 0 aliphatic heterocycles. The average Bonchev–Trinajstić information content (AvgIpc) is 2.67. The summed E-state index contributed by atoms with van der Waals surface area (Å²) >= 11 is 3.77. The molecule has 0 aliphatic rings. The maximum atomic E-state index is 11.0. The van der Waals surface area contributed by atoms with Crippen molar-refractivity contribution in [3.8, 4) is 0 Å². The van der Waals surface area contributed by atoms with Gasteiger partial charge in [-0.1, -0.05) is 18.7 Å². The number of imidazole rings is 1. The van der Waals surface area contributed by atoms with Gasteiger partial charge in [-0.15, -0.1) is 0 Å². The van der Waals surface area contributed by atoms with Gasteiger partial charge in [-0.05, 0) is 24.1 Å².